The quantitative estimate of drug-likeness (QED) is 0.727. The number of likely N-dealkylation sites (N-methyl/N-ethyl adjacent to an activating group) is 1. The number of hydrogen-bond donors (Lipinski definition) is 1. The molecule has 0 aromatic heterocycles. The van der Waals surface area contributed by atoms with Crippen molar-refractivity contribution in [2.24, 2.45) is 5.41 Å². The first kappa shape index (κ1) is 11.0. The van der Waals surface area contributed by atoms with Gasteiger partial charge in [0.2, 0.25) is 0 Å². The predicted octanol–water partition coefficient (Wildman–Crippen LogP) is 2.19. The van der Waals surface area contributed by atoms with E-state index < -0.39 is 0 Å². The highest BCUT2D eigenvalue weighted by molar-refractivity contribution is 4.89. The molecule has 2 atom stereocenters. The number of hydrogen-bond acceptors (Lipinski definition) is 2. The molecule has 78 valence electrons. The van der Waals surface area contributed by atoms with Crippen molar-refractivity contribution < 1.29 is 4.74 Å². The van der Waals surface area contributed by atoms with Crippen LogP contribution in [0.1, 0.15) is 40.5 Å². The van der Waals surface area contributed by atoms with Crippen LogP contribution in [0.4, 0.5) is 0 Å². The molecule has 2 unspecified atom stereocenters. The smallest absolute Gasteiger partial charge is 0.0733 e. The number of ether oxygens (including phenoxy) is 1. The summed E-state index contributed by atoms with van der Waals surface area (Å²) in [6.07, 6.45) is 2.87. The van der Waals surface area contributed by atoms with Crippen LogP contribution >= 0.6 is 0 Å². The normalized spacial score (nSPS) is 26.3. The monoisotopic (exact) mass is 185 g/mol. The van der Waals surface area contributed by atoms with Gasteiger partial charge in [0, 0.05) is 12.6 Å². The van der Waals surface area contributed by atoms with E-state index in [9.17, 15) is 0 Å². The Morgan fingerprint density at radius 3 is 2.54 bits per heavy atom. The van der Waals surface area contributed by atoms with Crippen molar-refractivity contribution in [3.05, 3.63) is 0 Å². The van der Waals surface area contributed by atoms with E-state index in [-0.39, 0.29) is 0 Å². The summed E-state index contributed by atoms with van der Waals surface area (Å²) >= 11 is 0. The molecule has 0 aromatic rings. The Bertz CT molecular complexity index is 145. The zero-order chi connectivity index (χ0) is 9.90. The Morgan fingerprint density at radius 1 is 1.46 bits per heavy atom. The van der Waals surface area contributed by atoms with Crippen LogP contribution in [0.25, 0.3) is 0 Å². The molecule has 1 rings (SSSR count). The Balaban J connectivity index is 2.55. The zero-order valence-corrected chi connectivity index (χ0v) is 9.39. The van der Waals surface area contributed by atoms with Gasteiger partial charge in [-0.3, -0.25) is 0 Å². The van der Waals surface area contributed by atoms with Crippen molar-refractivity contribution in [1.82, 2.24) is 5.32 Å². The van der Waals surface area contributed by atoms with Gasteiger partial charge in [0.25, 0.3) is 0 Å². The maximum Gasteiger partial charge on any atom is 0.0733 e. The van der Waals surface area contributed by atoms with Gasteiger partial charge in [-0.1, -0.05) is 27.7 Å². The molecule has 1 N–H and O–H groups in total. The van der Waals surface area contributed by atoms with Crippen LogP contribution in [0, 0.1) is 5.41 Å². The lowest BCUT2D eigenvalue weighted by atomic mass is 9.82. The summed E-state index contributed by atoms with van der Waals surface area (Å²) in [6, 6.07) is 0.500. The standard InChI is InChI=1S/C11H23NO/c1-5-12-10(11(2,3)4)9-7-6-8-13-9/h9-10,12H,5-8H2,1-4H3. The molecule has 1 heterocycles. The average molecular weight is 185 g/mol. The molecule has 0 bridgehead atoms. The van der Waals surface area contributed by atoms with E-state index in [0.717, 1.165) is 13.2 Å². The van der Waals surface area contributed by atoms with Gasteiger partial charge in [0.05, 0.1) is 6.10 Å². The maximum atomic E-state index is 5.73. The van der Waals surface area contributed by atoms with Crippen LogP contribution in [0.5, 0.6) is 0 Å². The topological polar surface area (TPSA) is 21.3 Å². The molecular weight excluding hydrogens is 162 g/mol. The summed E-state index contributed by atoms with van der Waals surface area (Å²) in [4.78, 5) is 0. The van der Waals surface area contributed by atoms with E-state index in [1.165, 1.54) is 12.8 Å². The van der Waals surface area contributed by atoms with Gasteiger partial charge in [0.1, 0.15) is 0 Å². The fourth-order valence-electron chi connectivity index (χ4n) is 2.08. The molecule has 0 radical (unpaired) electrons. The maximum absolute atomic E-state index is 5.73. The van der Waals surface area contributed by atoms with Crippen molar-refractivity contribution in [1.29, 1.82) is 0 Å². The Morgan fingerprint density at radius 2 is 2.15 bits per heavy atom. The Labute approximate surface area is 82.0 Å². The van der Waals surface area contributed by atoms with Gasteiger partial charge in [-0.2, -0.15) is 0 Å². The third kappa shape index (κ3) is 2.96. The third-order valence-corrected chi connectivity index (χ3v) is 2.69. The highest BCUT2D eigenvalue weighted by Gasteiger charge is 2.33. The van der Waals surface area contributed by atoms with Gasteiger partial charge in [-0.25, -0.2) is 0 Å². The van der Waals surface area contributed by atoms with Gasteiger partial charge in [0.15, 0.2) is 0 Å². The molecule has 0 amide bonds. The summed E-state index contributed by atoms with van der Waals surface area (Å²) in [5, 5.41) is 3.54. The zero-order valence-electron chi connectivity index (χ0n) is 9.39. The number of nitrogens with one attached hydrogen (secondary N) is 1. The molecule has 1 aliphatic heterocycles. The lowest BCUT2D eigenvalue weighted by molar-refractivity contribution is 0.0401. The minimum atomic E-state index is 0.297. The fraction of sp³-hybridized carbons (Fsp3) is 1.00. The summed E-state index contributed by atoms with van der Waals surface area (Å²) in [5.41, 5.74) is 0.297. The minimum absolute atomic E-state index is 0.297. The molecule has 1 aliphatic rings. The van der Waals surface area contributed by atoms with Crippen molar-refractivity contribution in [3.63, 3.8) is 0 Å². The second-order valence-corrected chi connectivity index (χ2v) is 4.95. The minimum Gasteiger partial charge on any atom is -0.377 e. The summed E-state index contributed by atoms with van der Waals surface area (Å²) < 4.78 is 5.73. The second-order valence-electron chi connectivity index (χ2n) is 4.95. The van der Waals surface area contributed by atoms with Crippen LogP contribution in [0.15, 0.2) is 0 Å². The van der Waals surface area contributed by atoms with Gasteiger partial charge in [-0.15, -0.1) is 0 Å². The van der Waals surface area contributed by atoms with Crippen molar-refractivity contribution in [2.45, 2.75) is 52.7 Å². The highest BCUT2D eigenvalue weighted by Crippen LogP contribution is 2.28. The van der Waals surface area contributed by atoms with E-state index in [1.807, 2.05) is 0 Å². The van der Waals surface area contributed by atoms with Crippen LogP contribution in [0.2, 0.25) is 0 Å². The molecule has 0 aromatic carbocycles. The van der Waals surface area contributed by atoms with Crippen molar-refractivity contribution in [2.75, 3.05) is 13.2 Å². The SMILES string of the molecule is CCNC(C1CCCO1)C(C)(C)C. The third-order valence-electron chi connectivity index (χ3n) is 2.69. The first-order valence-electron chi connectivity index (χ1n) is 5.40. The fourth-order valence-corrected chi connectivity index (χ4v) is 2.08. The lowest BCUT2D eigenvalue weighted by Gasteiger charge is -2.35. The molecule has 2 heteroatoms. The lowest BCUT2D eigenvalue weighted by Crippen LogP contribution is -2.48. The molecule has 2 nitrogen and oxygen atoms in total. The summed E-state index contributed by atoms with van der Waals surface area (Å²) in [7, 11) is 0. The Hall–Kier alpha value is -0.0800. The van der Waals surface area contributed by atoms with Crippen LogP contribution in [-0.4, -0.2) is 25.3 Å². The molecule has 13 heavy (non-hydrogen) atoms. The summed E-state index contributed by atoms with van der Waals surface area (Å²) in [5.74, 6) is 0. The van der Waals surface area contributed by atoms with Crippen LogP contribution in [0.3, 0.4) is 0 Å². The molecule has 0 spiro atoms. The molecule has 1 saturated heterocycles. The van der Waals surface area contributed by atoms with Gasteiger partial charge >= 0.3 is 0 Å². The average Bonchev–Trinajstić information content (AvgIpc) is 2.49. The van der Waals surface area contributed by atoms with E-state index in [0.29, 0.717) is 17.6 Å². The Kier molecular flexibility index (Phi) is 3.74. The van der Waals surface area contributed by atoms with E-state index >= 15 is 0 Å². The van der Waals surface area contributed by atoms with Crippen LogP contribution < -0.4 is 5.32 Å². The molecular formula is C11H23NO. The van der Waals surface area contributed by atoms with Crippen molar-refractivity contribution in [3.8, 4) is 0 Å². The number of rotatable bonds is 3. The molecule has 0 aliphatic carbocycles. The van der Waals surface area contributed by atoms with Crippen molar-refractivity contribution >= 4 is 0 Å². The van der Waals surface area contributed by atoms with E-state index in [4.69, 9.17) is 4.74 Å². The highest BCUT2D eigenvalue weighted by atomic mass is 16.5. The predicted molar refractivity (Wildman–Crippen MR) is 55.9 cm³/mol. The summed E-state index contributed by atoms with van der Waals surface area (Å²) in [6.45, 7) is 11.0. The van der Waals surface area contributed by atoms with Gasteiger partial charge in [-0.05, 0) is 24.8 Å². The van der Waals surface area contributed by atoms with Gasteiger partial charge < -0.3 is 10.1 Å². The largest absolute Gasteiger partial charge is 0.377 e. The molecule has 0 saturated carbocycles. The van der Waals surface area contributed by atoms with Crippen LogP contribution in [-0.2, 0) is 4.74 Å². The first-order chi connectivity index (χ1) is 6.05. The first-order valence-corrected chi connectivity index (χ1v) is 5.40. The van der Waals surface area contributed by atoms with E-state index in [2.05, 4.69) is 33.0 Å². The van der Waals surface area contributed by atoms with E-state index in [1.54, 1.807) is 0 Å². The second kappa shape index (κ2) is 4.43. The molecule has 1 fully saturated rings.